The molecule has 1 aromatic heterocycles. The maximum Gasteiger partial charge on any atom is 0.231 e. The molecule has 2 heterocycles. The van der Waals surface area contributed by atoms with E-state index >= 15 is 0 Å². The molecule has 0 saturated heterocycles. The fourth-order valence-electron chi connectivity index (χ4n) is 4.19. The van der Waals surface area contributed by atoms with Gasteiger partial charge in [0.1, 0.15) is 0 Å². The van der Waals surface area contributed by atoms with Gasteiger partial charge in [-0.2, -0.15) is 0 Å². The molecule has 33 heavy (non-hydrogen) atoms. The fourth-order valence-corrected chi connectivity index (χ4v) is 5.43. The lowest BCUT2D eigenvalue weighted by atomic mass is 10.00. The second-order valence-corrected chi connectivity index (χ2v) is 10.5. The van der Waals surface area contributed by atoms with Crippen LogP contribution in [0.4, 0.5) is 5.13 Å². The summed E-state index contributed by atoms with van der Waals surface area (Å²) < 4.78 is 11.0. The van der Waals surface area contributed by atoms with Gasteiger partial charge in [-0.3, -0.25) is 0 Å². The number of hydrogen-bond acceptors (Lipinski definition) is 7. The molecule has 3 N–H and O–H groups in total. The van der Waals surface area contributed by atoms with Crippen molar-refractivity contribution in [3.63, 3.8) is 0 Å². The van der Waals surface area contributed by atoms with Gasteiger partial charge in [-0.05, 0) is 48.1 Å². The molecule has 1 saturated carbocycles. The molecule has 1 aliphatic heterocycles. The Morgan fingerprint density at radius 2 is 1.94 bits per heavy atom. The molecule has 0 bridgehead atoms. The number of aliphatic hydroxyl groups is 1. The van der Waals surface area contributed by atoms with Crippen molar-refractivity contribution in [2.75, 3.05) is 18.7 Å². The normalized spacial score (nSPS) is 17.7. The van der Waals surface area contributed by atoms with Gasteiger partial charge in [0.25, 0.3) is 0 Å². The van der Waals surface area contributed by atoms with E-state index in [2.05, 4.69) is 36.6 Å². The lowest BCUT2D eigenvalue weighted by Crippen LogP contribution is -2.39. The number of fused-ring (bicyclic) bond motifs is 1. The number of nitrogens with one attached hydrogen (secondary N) is 2. The number of aliphatic hydroxyl groups excluding tert-OH is 1. The van der Waals surface area contributed by atoms with Gasteiger partial charge >= 0.3 is 0 Å². The lowest BCUT2D eigenvalue weighted by molar-refractivity contribution is 0.174. The van der Waals surface area contributed by atoms with E-state index in [0.29, 0.717) is 5.02 Å². The number of hydrogen-bond donors (Lipinski definition) is 3. The maximum absolute atomic E-state index is 9.93. The Hall–Kier alpha value is -2.32. The predicted octanol–water partition coefficient (Wildman–Crippen LogP) is 5.32. The first-order valence-electron chi connectivity index (χ1n) is 11.2. The highest BCUT2D eigenvalue weighted by Crippen LogP contribution is 2.51. The molecular formula is C25H28ClN3O3S. The molecule has 0 radical (unpaired) electrons. The van der Waals surface area contributed by atoms with Crippen molar-refractivity contribution >= 4 is 28.1 Å². The first kappa shape index (κ1) is 22.5. The molecule has 0 amide bonds. The van der Waals surface area contributed by atoms with Crippen molar-refractivity contribution in [3.05, 3.63) is 69.7 Å². The Morgan fingerprint density at radius 1 is 1.15 bits per heavy atom. The zero-order valence-corrected chi connectivity index (χ0v) is 20.2. The van der Waals surface area contributed by atoms with Crippen LogP contribution in [0.5, 0.6) is 11.5 Å². The molecular weight excluding hydrogens is 458 g/mol. The van der Waals surface area contributed by atoms with Crippen molar-refractivity contribution in [1.82, 2.24) is 10.3 Å². The summed E-state index contributed by atoms with van der Waals surface area (Å²) >= 11 is 8.18. The van der Waals surface area contributed by atoms with E-state index in [1.54, 1.807) is 11.3 Å². The van der Waals surface area contributed by atoms with E-state index in [9.17, 15) is 5.11 Å². The summed E-state index contributed by atoms with van der Waals surface area (Å²) in [7, 11) is 0. The lowest BCUT2D eigenvalue weighted by Gasteiger charge is -2.27. The van der Waals surface area contributed by atoms with Gasteiger partial charge in [0.15, 0.2) is 16.6 Å². The third-order valence-electron chi connectivity index (χ3n) is 6.43. The summed E-state index contributed by atoms with van der Waals surface area (Å²) in [6.07, 6.45) is 3.97. The average molecular weight is 486 g/mol. The minimum absolute atomic E-state index is 0.0513. The van der Waals surface area contributed by atoms with Crippen molar-refractivity contribution in [2.45, 2.75) is 44.3 Å². The Labute approximate surface area is 202 Å². The van der Waals surface area contributed by atoms with Crippen molar-refractivity contribution in [3.8, 4) is 11.5 Å². The highest BCUT2D eigenvalue weighted by molar-refractivity contribution is 7.15. The summed E-state index contributed by atoms with van der Waals surface area (Å²) in [5, 5.41) is 18.8. The zero-order chi connectivity index (χ0) is 23.0. The van der Waals surface area contributed by atoms with Crippen LogP contribution in [0.1, 0.15) is 48.7 Å². The van der Waals surface area contributed by atoms with Crippen LogP contribution in [-0.4, -0.2) is 29.5 Å². The number of anilines is 1. The largest absolute Gasteiger partial charge is 0.454 e. The number of ether oxygens (including phenoxy) is 2. The zero-order valence-electron chi connectivity index (χ0n) is 18.7. The first-order chi connectivity index (χ1) is 16.0. The molecule has 2 aromatic carbocycles. The Balaban J connectivity index is 1.41. The second kappa shape index (κ2) is 9.14. The summed E-state index contributed by atoms with van der Waals surface area (Å²) in [6.45, 7) is 4.52. The van der Waals surface area contributed by atoms with E-state index in [4.69, 9.17) is 26.1 Å². The molecule has 1 unspecified atom stereocenters. The monoisotopic (exact) mass is 485 g/mol. The highest BCUT2D eigenvalue weighted by Gasteiger charge is 2.45. The van der Waals surface area contributed by atoms with Gasteiger partial charge < -0.3 is 25.2 Å². The van der Waals surface area contributed by atoms with E-state index in [1.165, 1.54) is 5.56 Å². The minimum Gasteiger partial charge on any atom is -0.454 e. The van der Waals surface area contributed by atoms with Gasteiger partial charge in [0, 0.05) is 22.1 Å². The molecule has 1 fully saturated rings. The third-order valence-corrected chi connectivity index (χ3v) is 7.75. The van der Waals surface area contributed by atoms with Crippen LogP contribution in [0.3, 0.4) is 0 Å². The quantitative estimate of drug-likeness (QED) is 0.380. The van der Waals surface area contributed by atoms with Gasteiger partial charge in [-0.15, -0.1) is 11.3 Å². The summed E-state index contributed by atoms with van der Waals surface area (Å²) in [6, 6.07) is 13.8. The molecule has 1 aliphatic carbocycles. The van der Waals surface area contributed by atoms with Crippen LogP contribution in [0.2, 0.25) is 5.02 Å². The van der Waals surface area contributed by atoms with Crippen molar-refractivity contribution in [2.24, 2.45) is 5.92 Å². The highest BCUT2D eigenvalue weighted by atomic mass is 35.5. The molecule has 0 spiro atoms. The van der Waals surface area contributed by atoms with Gasteiger partial charge in [-0.25, -0.2) is 4.98 Å². The minimum atomic E-state index is -0.160. The topological polar surface area (TPSA) is 75.6 Å². The Bertz CT molecular complexity index is 1130. The van der Waals surface area contributed by atoms with Crippen LogP contribution in [0.25, 0.3) is 0 Å². The maximum atomic E-state index is 9.93. The summed E-state index contributed by atoms with van der Waals surface area (Å²) in [4.78, 5) is 5.75. The van der Waals surface area contributed by atoms with Crippen LogP contribution in [0, 0.1) is 5.92 Å². The van der Waals surface area contributed by atoms with Crippen LogP contribution < -0.4 is 20.1 Å². The second-order valence-electron chi connectivity index (χ2n) is 9.00. The summed E-state index contributed by atoms with van der Waals surface area (Å²) in [5.74, 6) is 1.86. The number of benzene rings is 2. The van der Waals surface area contributed by atoms with Gasteiger partial charge in [0.2, 0.25) is 6.79 Å². The number of thiazole rings is 1. The van der Waals surface area contributed by atoms with Crippen LogP contribution in [-0.2, 0) is 5.54 Å². The van der Waals surface area contributed by atoms with E-state index in [-0.39, 0.29) is 36.9 Å². The Kier molecular flexibility index (Phi) is 6.22. The molecule has 174 valence electrons. The van der Waals surface area contributed by atoms with E-state index in [1.807, 2.05) is 36.5 Å². The average Bonchev–Trinajstić information content (AvgIpc) is 3.20. The predicted molar refractivity (Wildman–Crippen MR) is 131 cm³/mol. The first-order valence-corrected chi connectivity index (χ1v) is 12.4. The van der Waals surface area contributed by atoms with Crippen molar-refractivity contribution < 1.29 is 14.6 Å². The Morgan fingerprint density at radius 3 is 2.67 bits per heavy atom. The molecule has 6 nitrogen and oxygen atoms in total. The number of rotatable bonds is 9. The standard InChI is InChI=1S/C25H28ClN3O3S/c1-15(2)19(13-30)28-23(17-5-3-4-6-18(17)26)22-12-27-24(33-22)29-25(9-10-25)16-7-8-20-21(11-16)32-14-31-20/h3-8,11-12,15,19,23,28,30H,9-10,13-14H2,1-2H3,(H,27,29)/t19-,23?/m0/s1. The van der Waals surface area contributed by atoms with Crippen molar-refractivity contribution in [1.29, 1.82) is 0 Å². The number of nitrogens with zero attached hydrogens (tertiary/aromatic N) is 1. The van der Waals surface area contributed by atoms with Gasteiger partial charge in [0.05, 0.1) is 18.2 Å². The van der Waals surface area contributed by atoms with E-state index < -0.39 is 0 Å². The van der Waals surface area contributed by atoms with Gasteiger partial charge in [-0.1, -0.05) is 49.7 Å². The third kappa shape index (κ3) is 4.55. The molecule has 8 heteroatoms. The van der Waals surface area contributed by atoms with Crippen LogP contribution >= 0.6 is 22.9 Å². The summed E-state index contributed by atoms with van der Waals surface area (Å²) in [5.41, 5.74) is 2.03. The molecule has 2 aliphatic rings. The molecule has 5 rings (SSSR count). The van der Waals surface area contributed by atoms with E-state index in [0.717, 1.165) is 39.9 Å². The SMILES string of the molecule is CC(C)[C@H](CO)NC(c1cnc(NC2(c3ccc4c(c3)OCO4)CC2)s1)c1ccccc1Cl. The van der Waals surface area contributed by atoms with Crippen LogP contribution in [0.15, 0.2) is 48.7 Å². The number of aromatic nitrogens is 1. The smallest absolute Gasteiger partial charge is 0.231 e. The number of halogens is 1. The fraction of sp³-hybridized carbons (Fsp3) is 0.400. The molecule has 2 atom stereocenters. The molecule has 3 aromatic rings.